The molecule has 0 aliphatic rings. The molecule has 0 saturated heterocycles. The molecule has 4 nitrogen and oxygen atoms in total. The van der Waals surface area contributed by atoms with Gasteiger partial charge in [-0.3, -0.25) is 0 Å². The van der Waals surface area contributed by atoms with Crippen molar-refractivity contribution in [2.24, 2.45) is 0 Å². The number of esters is 1. The van der Waals surface area contributed by atoms with Crippen LogP contribution >= 0.6 is 0 Å². The first-order valence-electron chi connectivity index (χ1n) is 5.79. The Labute approximate surface area is 108 Å². The summed E-state index contributed by atoms with van der Waals surface area (Å²) in [5.74, 6) is 0.399. The number of para-hydroxylation sites is 2. The zero-order valence-electron chi connectivity index (χ0n) is 11.1. The molecular formula is C14H19NO3. The van der Waals surface area contributed by atoms with E-state index < -0.39 is 0 Å². The SMILES string of the molecule is C=C(CN(C)c1ccccc1OC)C(=O)OCC. The Morgan fingerprint density at radius 3 is 2.67 bits per heavy atom. The minimum atomic E-state index is -0.362. The van der Waals surface area contributed by atoms with Crippen LogP contribution in [0.4, 0.5) is 5.69 Å². The third-order valence-electron chi connectivity index (χ3n) is 2.49. The van der Waals surface area contributed by atoms with Crippen molar-refractivity contribution in [1.29, 1.82) is 0 Å². The average Bonchev–Trinajstić information content (AvgIpc) is 2.38. The molecule has 0 fully saturated rings. The quantitative estimate of drug-likeness (QED) is 0.572. The van der Waals surface area contributed by atoms with E-state index in [2.05, 4.69) is 6.58 Å². The summed E-state index contributed by atoms with van der Waals surface area (Å²) in [6.07, 6.45) is 0. The van der Waals surface area contributed by atoms with Gasteiger partial charge in [-0.1, -0.05) is 18.7 Å². The molecule has 1 aromatic carbocycles. The largest absolute Gasteiger partial charge is 0.495 e. The summed E-state index contributed by atoms with van der Waals surface area (Å²) in [4.78, 5) is 13.4. The van der Waals surface area contributed by atoms with E-state index >= 15 is 0 Å². The molecule has 0 bridgehead atoms. The molecular weight excluding hydrogens is 230 g/mol. The first kappa shape index (κ1) is 14.1. The fourth-order valence-electron chi connectivity index (χ4n) is 1.61. The van der Waals surface area contributed by atoms with E-state index in [1.807, 2.05) is 36.2 Å². The third-order valence-corrected chi connectivity index (χ3v) is 2.49. The fourth-order valence-corrected chi connectivity index (χ4v) is 1.61. The lowest BCUT2D eigenvalue weighted by molar-refractivity contribution is -0.138. The Hall–Kier alpha value is -1.97. The van der Waals surface area contributed by atoms with E-state index in [1.165, 1.54) is 0 Å². The molecule has 0 aromatic heterocycles. The molecule has 18 heavy (non-hydrogen) atoms. The van der Waals surface area contributed by atoms with Crippen LogP contribution in [0.1, 0.15) is 6.92 Å². The van der Waals surface area contributed by atoms with Crippen molar-refractivity contribution in [3.63, 3.8) is 0 Å². The van der Waals surface area contributed by atoms with Crippen LogP contribution in [0.15, 0.2) is 36.4 Å². The molecule has 98 valence electrons. The average molecular weight is 249 g/mol. The van der Waals surface area contributed by atoms with Crippen molar-refractivity contribution in [2.75, 3.05) is 32.2 Å². The second kappa shape index (κ2) is 6.69. The van der Waals surface area contributed by atoms with Gasteiger partial charge >= 0.3 is 5.97 Å². The van der Waals surface area contributed by atoms with Gasteiger partial charge in [0.25, 0.3) is 0 Å². The Bertz CT molecular complexity index is 429. The Kier molecular flexibility index (Phi) is 5.24. The molecule has 0 unspecified atom stereocenters. The van der Waals surface area contributed by atoms with Crippen LogP contribution in [-0.4, -0.2) is 33.3 Å². The van der Waals surface area contributed by atoms with Crippen LogP contribution in [0, 0.1) is 0 Å². The van der Waals surface area contributed by atoms with Crippen LogP contribution in [-0.2, 0) is 9.53 Å². The minimum Gasteiger partial charge on any atom is -0.495 e. The highest BCUT2D eigenvalue weighted by Crippen LogP contribution is 2.26. The predicted molar refractivity (Wildman–Crippen MR) is 72.0 cm³/mol. The molecule has 0 aliphatic heterocycles. The molecule has 0 heterocycles. The standard InChI is InChI=1S/C14H19NO3/c1-5-18-14(16)11(2)10-15(3)12-8-6-7-9-13(12)17-4/h6-9H,2,5,10H2,1,3-4H3. The number of anilines is 1. The molecule has 0 saturated carbocycles. The summed E-state index contributed by atoms with van der Waals surface area (Å²) >= 11 is 0. The number of hydrogen-bond acceptors (Lipinski definition) is 4. The minimum absolute atomic E-state index is 0.357. The lowest BCUT2D eigenvalue weighted by Crippen LogP contribution is -2.24. The van der Waals surface area contributed by atoms with Crippen LogP contribution < -0.4 is 9.64 Å². The lowest BCUT2D eigenvalue weighted by atomic mass is 10.2. The van der Waals surface area contributed by atoms with Crippen LogP contribution in [0.5, 0.6) is 5.75 Å². The third kappa shape index (κ3) is 3.52. The van der Waals surface area contributed by atoms with Gasteiger partial charge in [-0.05, 0) is 19.1 Å². The van der Waals surface area contributed by atoms with Crippen molar-refractivity contribution in [2.45, 2.75) is 6.92 Å². The van der Waals surface area contributed by atoms with Gasteiger partial charge in [0.2, 0.25) is 0 Å². The van der Waals surface area contributed by atoms with E-state index in [1.54, 1.807) is 14.0 Å². The summed E-state index contributed by atoms with van der Waals surface area (Å²) in [5.41, 5.74) is 1.33. The van der Waals surface area contributed by atoms with Gasteiger partial charge in [-0.2, -0.15) is 0 Å². The lowest BCUT2D eigenvalue weighted by Gasteiger charge is -2.22. The highest BCUT2D eigenvalue weighted by atomic mass is 16.5. The number of methoxy groups -OCH3 is 1. The second-order valence-electron chi connectivity index (χ2n) is 3.85. The predicted octanol–water partition coefficient (Wildman–Crippen LogP) is 2.25. The van der Waals surface area contributed by atoms with E-state index in [-0.39, 0.29) is 5.97 Å². The highest BCUT2D eigenvalue weighted by Gasteiger charge is 2.13. The first-order valence-corrected chi connectivity index (χ1v) is 5.79. The number of benzene rings is 1. The normalized spacial score (nSPS) is 9.72. The van der Waals surface area contributed by atoms with E-state index in [0.29, 0.717) is 18.7 Å². The van der Waals surface area contributed by atoms with Crippen LogP contribution in [0.25, 0.3) is 0 Å². The first-order chi connectivity index (χ1) is 8.60. The molecule has 1 aromatic rings. The number of rotatable bonds is 6. The number of carbonyl (C=O) groups is 1. The molecule has 0 amide bonds. The zero-order chi connectivity index (χ0) is 13.5. The molecule has 0 N–H and O–H groups in total. The van der Waals surface area contributed by atoms with Gasteiger partial charge in [-0.25, -0.2) is 4.79 Å². The van der Waals surface area contributed by atoms with Gasteiger partial charge in [0, 0.05) is 19.2 Å². The number of hydrogen-bond donors (Lipinski definition) is 0. The number of ether oxygens (including phenoxy) is 2. The summed E-state index contributed by atoms with van der Waals surface area (Å²) in [5, 5.41) is 0. The zero-order valence-corrected chi connectivity index (χ0v) is 11.1. The van der Waals surface area contributed by atoms with Crippen molar-refractivity contribution < 1.29 is 14.3 Å². The van der Waals surface area contributed by atoms with E-state index in [0.717, 1.165) is 11.4 Å². The maximum atomic E-state index is 11.5. The van der Waals surface area contributed by atoms with Crippen molar-refractivity contribution >= 4 is 11.7 Å². The molecule has 0 atom stereocenters. The smallest absolute Gasteiger partial charge is 0.335 e. The van der Waals surface area contributed by atoms with Crippen molar-refractivity contribution in [3.05, 3.63) is 36.4 Å². The van der Waals surface area contributed by atoms with Gasteiger partial charge in [-0.15, -0.1) is 0 Å². The summed E-state index contributed by atoms with van der Waals surface area (Å²) in [6, 6.07) is 7.62. The topological polar surface area (TPSA) is 38.8 Å². The Balaban J connectivity index is 2.73. The van der Waals surface area contributed by atoms with Gasteiger partial charge in [0.05, 0.1) is 19.4 Å². The van der Waals surface area contributed by atoms with E-state index in [9.17, 15) is 4.79 Å². The monoisotopic (exact) mass is 249 g/mol. The maximum Gasteiger partial charge on any atom is 0.335 e. The Morgan fingerprint density at radius 1 is 1.39 bits per heavy atom. The highest BCUT2D eigenvalue weighted by molar-refractivity contribution is 5.89. The second-order valence-corrected chi connectivity index (χ2v) is 3.85. The maximum absolute atomic E-state index is 11.5. The number of carbonyl (C=O) groups excluding carboxylic acids is 1. The van der Waals surface area contributed by atoms with Crippen LogP contribution in [0.2, 0.25) is 0 Å². The van der Waals surface area contributed by atoms with E-state index in [4.69, 9.17) is 9.47 Å². The fraction of sp³-hybridized carbons (Fsp3) is 0.357. The van der Waals surface area contributed by atoms with Gasteiger partial charge in [0.1, 0.15) is 5.75 Å². The molecule has 0 aliphatic carbocycles. The molecule has 4 heteroatoms. The summed E-state index contributed by atoms with van der Waals surface area (Å²) < 4.78 is 10.2. The number of likely N-dealkylation sites (N-methyl/N-ethyl adjacent to an activating group) is 1. The van der Waals surface area contributed by atoms with Crippen LogP contribution in [0.3, 0.4) is 0 Å². The van der Waals surface area contributed by atoms with Gasteiger partial charge in [0.15, 0.2) is 0 Å². The van der Waals surface area contributed by atoms with Crippen molar-refractivity contribution in [3.8, 4) is 5.75 Å². The number of nitrogens with zero attached hydrogens (tertiary/aromatic N) is 1. The summed E-state index contributed by atoms with van der Waals surface area (Å²) in [6.45, 7) is 6.27. The molecule has 0 radical (unpaired) electrons. The van der Waals surface area contributed by atoms with Gasteiger partial charge < -0.3 is 14.4 Å². The van der Waals surface area contributed by atoms with Crippen molar-refractivity contribution in [1.82, 2.24) is 0 Å². The molecule has 1 rings (SSSR count). The molecule has 0 spiro atoms. The Morgan fingerprint density at radius 2 is 2.06 bits per heavy atom. The summed E-state index contributed by atoms with van der Waals surface area (Å²) in [7, 11) is 3.50.